The molecule has 0 aromatic carbocycles. The Labute approximate surface area is 438 Å². The van der Waals surface area contributed by atoms with Crippen LogP contribution in [0.1, 0.15) is 362 Å². The van der Waals surface area contributed by atoms with Crippen LogP contribution in [-0.2, 0) is 28.6 Å². The molecule has 0 rings (SSSR count). The van der Waals surface area contributed by atoms with Crippen molar-refractivity contribution in [3.8, 4) is 0 Å². The van der Waals surface area contributed by atoms with Crippen LogP contribution in [0.5, 0.6) is 0 Å². The maximum Gasteiger partial charge on any atom is 0.306 e. The van der Waals surface area contributed by atoms with Crippen LogP contribution in [0, 0.1) is 11.8 Å². The van der Waals surface area contributed by atoms with Gasteiger partial charge < -0.3 is 14.2 Å². The first-order chi connectivity index (χ1) is 34.3. The van der Waals surface area contributed by atoms with Gasteiger partial charge in [0.25, 0.3) is 0 Å². The Bertz CT molecular complexity index is 1080. The molecule has 0 saturated carbocycles. The molecule has 3 atom stereocenters. The van der Waals surface area contributed by atoms with Gasteiger partial charge in [-0.3, -0.25) is 14.4 Å². The first kappa shape index (κ1) is 68.4. The van der Waals surface area contributed by atoms with E-state index in [1.807, 2.05) is 0 Å². The predicted octanol–water partition coefficient (Wildman–Crippen LogP) is 21.2. The molecule has 0 N–H and O–H groups in total. The average molecular weight is 990 g/mol. The van der Waals surface area contributed by atoms with E-state index in [1.54, 1.807) is 0 Å². The van der Waals surface area contributed by atoms with E-state index >= 15 is 0 Å². The molecule has 0 aromatic heterocycles. The van der Waals surface area contributed by atoms with E-state index in [-0.39, 0.29) is 31.1 Å². The lowest BCUT2D eigenvalue weighted by atomic mass is 9.99. The van der Waals surface area contributed by atoms with Gasteiger partial charge in [0.15, 0.2) is 6.10 Å². The highest BCUT2D eigenvalue weighted by Crippen LogP contribution is 2.19. The van der Waals surface area contributed by atoms with Crippen molar-refractivity contribution < 1.29 is 28.6 Å². The number of hydrogen-bond donors (Lipinski definition) is 0. The second-order valence-electron chi connectivity index (χ2n) is 22.5. The van der Waals surface area contributed by atoms with Gasteiger partial charge in [0.05, 0.1) is 0 Å². The van der Waals surface area contributed by atoms with E-state index in [4.69, 9.17) is 14.2 Å². The lowest BCUT2D eigenvalue weighted by molar-refractivity contribution is -0.167. The summed E-state index contributed by atoms with van der Waals surface area (Å²) in [5.74, 6) is 0.946. The first-order valence-electron chi connectivity index (χ1n) is 31.8. The Hall–Kier alpha value is -1.59. The summed E-state index contributed by atoms with van der Waals surface area (Å²) in [7, 11) is 0. The summed E-state index contributed by atoms with van der Waals surface area (Å²) >= 11 is 0. The number of carbonyl (C=O) groups is 3. The summed E-state index contributed by atoms with van der Waals surface area (Å²) in [6.45, 7) is 11.5. The van der Waals surface area contributed by atoms with E-state index < -0.39 is 6.10 Å². The highest BCUT2D eigenvalue weighted by molar-refractivity contribution is 5.71. The third-order valence-electron chi connectivity index (χ3n) is 15.4. The quantitative estimate of drug-likeness (QED) is 0.0343. The lowest BCUT2D eigenvalue weighted by Gasteiger charge is -2.18. The third kappa shape index (κ3) is 54.2. The SMILES string of the molecule is CCCCCCCCCCCCCCCCCCC(=O)OC[C@@H](COC(=O)CCCCCCCCCCCCC(C)CC)OC(=O)CCCCCCCCCCCCCCCCCCCCC(C)CC. The molecule has 6 nitrogen and oxygen atoms in total. The molecule has 0 fully saturated rings. The van der Waals surface area contributed by atoms with Crippen LogP contribution in [0.3, 0.4) is 0 Å². The number of hydrogen-bond acceptors (Lipinski definition) is 6. The molecular formula is C64H124O6. The van der Waals surface area contributed by atoms with Gasteiger partial charge in [0.1, 0.15) is 13.2 Å². The molecule has 416 valence electrons. The number of ether oxygens (including phenoxy) is 3. The minimum absolute atomic E-state index is 0.0621. The van der Waals surface area contributed by atoms with Gasteiger partial charge in [0, 0.05) is 19.3 Å². The van der Waals surface area contributed by atoms with Crippen molar-refractivity contribution in [2.75, 3.05) is 13.2 Å². The summed E-state index contributed by atoms with van der Waals surface area (Å²) in [5, 5.41) is 0. The van der Waals surface area contributed by atoms with E-state index in [0.29, 0.717) is 19.3 Å². The maximum atomic E-state index is 12.9. The molecule has 0 spiro atoms. The van der Waals surface area contributed by atoms with Gasteiger partial charge in [-0.1, -0.05) is 324 Å². The molecule has 70 heavy (non-hydrogen) atoms. The fourth-order valence-corrected chi connectivity index (χ4v) is 9.87. The Morgan fingerprint density at radius 2 is 0.500 bits per heavy atom. The first-order valence-corrected chi connectivity index (χ1v) is 31.8. The lowest BCUT2D eigenvalue weighted by Crippen LogP contribution is -2.30. The minimum atomic E-state index is -0.764. The van der Waals surface area contributed by atoms with Crippen molar-refractivity contribution in [3.05, 3.63) is 0 Å². The highest BCUT2D eigenvalue weighted by atomic mass is 16.6. The topological polar surface area (TPSA) is 78.9 Å². The van der Waals surface area contributed by atoms with Gasteiger partial charge in [-0.2, -0.15) is 0 Å². The Morgan fingerprint density at radius 1 is 0.286 bits per heavy atom. The Morgan fingerprint density at radius 3 is 0.743 bits per heavy atom. The molecule has 0 aliphatic carbocycles. The zero-order valence-electron chi connectivity index (χ0n) is 48.2. The average Bonchev–Trinajstić information content (AvgIpc) is 3.36. The number of rotatable bonds is 58. The highest BCUT2D eigenvalue weighted by Gasteiger charge is 2.19. The molecule has 0 heterocycles. The van der Waals surface area contributed by atoms with Gasteiger partial charge >= 0.3 is 17.9 Å². The number of carbonyl (C=O) groups excluding carboxylic acids is 3. The zero-order valence-corrected chi connectivity index (χ0v) is 48.2. The molecule has 0 amide bonds. The van der Waals surface area contributed by atoms with E-state index in [0.717, 1.165) is 69.6 Å². The fraction of sp³-hybridized carbons (Fsp3) is 0.953. The minimum Gasteiger partial charge on any atom is -0.462 e. The van der Waals surface area contributed by atoms with Gasteiger partial charge in [-0.15, -0.1) is 0 Å². The van der Waals surface area contributed by atoms with Gasteiger partial charge in [-0.25, -0.2) is 0 Å². The molecule has 2 unspecified atom stereocenters. The van der Waals surface area contributed by atoms with E-state index in [1.165, 1.54) is 250 Å². The molecule has 0 aromatic rings. The number of unbranched alkanes of at least 4 members (excludes halogenated alkanes) is 41. The van der Waals surface area contributed by atoms with E-state index in [2.05, 4.69) is 34.6 Å². The van der Waals surface area contributed by atoms with Crippen molar-refractivity contribution >= 4 is 17.9 Å². The summed E-state index contributed by atoms with van der Waals surface area (Å²) in [5.41, 5.74) is 0. The molecule has 0 saturated heterocycles. The van der Waals surface area contributed by atoms with Crippen LogP contribution in [0.15, 0.2) is 0 Å². The summed E-state index contributed by atoms with van der Waals surface area (Å²) in [6, 6.07) is 0. The third-order valence-corrected chi connectivity index (χ3v) is 15.4. The second kappa shape index (κ2) is 56.7. The normalized spacial score (nSPS) is 12.8. The molecule has 0 aliphatic rings. The van der Waals surface area contributed by atoms with Crippen molar-refractivity contribution in [1.29, 1.82) is 0 Å². The summed E-state index contributed by atoms with van der Waals surface area (Å²) in [4.78, 5) is 38.3. The number of esters is 3. The van der Waals surface area contributed by atoms with Crippen LogP contribution in [0.25, 0.3) is 0 Å². The van der Waals surface area contributed by atoms with Crippen molar-refractivity contribution in [1.82, 2.24) is 0 Å². The van der Waals surface area contributed by atoms with Gasteiger partial charge in [0.2, 0.25) is 0 Å². The Balaban J connectivity index is 4.27. The van der Waals surface area contributed by atoms with Crippen LogP contribution in [0.4, 0.5) is 0 Å². The summed E-state index contributed by atoms with van der Waals surface area (Å²) < 4.78 is 16.9. The molecular weight excluding hydrogens is 865 g/mol. The molecule has 0 aliphatic heterocycles. The summed E-state index contributed by atoms with van der Waals surface area (Å²) in [6.07, 6.45) is 62.3. The van der Waals surface area contributed by atoms with Crippen LogP contribution < -0.4 is 0 Å². The molecule has 0 radical (unpaired) electrons. The molecule has 6 heteroatoms. The van der Waals surface area contributed by atoms with Gasteiger partial charge in [-0.05, 0) is 31.1 Å². The van der Waals surface area contributed by atoms with Crippen molar-refractivity contribution in [2.45, 2.75) is 368 Å². The largest absolute Gasteiger partial charge is 0.462 e. The van der Waals surface area contributed by atoms with E-state index in [9.17, 15) is 14.4 Å². The molecule has 0 bridgehead atoms. The Kier molecular flexibility index (Phi) is 55.4. The van der Waals surface area contributed by atoms with Crippen LogP contribution in [0.2, 0.25) is 0 Å². The maximum absolute atomic E-state index is 12.9. The van der Waals surface area contributed by atoms with Crippen molar-refractivity contribution in [2.24, 2.45) is 11.8 Å². The van der Waals surface area contributed by atoms with Crippen LogP contribution >= 0.6 is 0 Å². The second-order valence-corrected chi connectivity index (χ2v) is 22.5. The smallest absolute Gasteiger partial charge is 0.306 e. The zero-order chi connectivity index (χ0) is 51.1. The van der Waals surface area contributed by atoms with Crippen molar-refractivity contribution in [3.63, 3.8) is 0 Å². The predicted molar refractivity (Wildman–Crippen MR) is 303 cm³/mol. The van der Waals surface area contributed by atoms with Crippen LogP contribution in [-0.4, -0.2) is 37.2 Å². The standard InChI is InChI=1S/C64H124O6/c1-6-9-10-11-12-13-14-15-16-22-25-28-34-39-44-49-54-62(65)68-57-61(58-69-63(66)55-50-45-40-35-31-30-33-38-43-48-53-60(5)8-3)70-64(67)56-51-46-41-36-29-26-23-20-18-17-19-21-24-27-32-37-42-47-52-59(4)7-2/h59-61H,6-58H2,1-5H3/t59?,60?,61-/m0/s1. The fourth-order valence-electron chi connectivity index (χ4n) is 9.87. The monoisotopic (exact) mass is 989 g/mol.